The van der Waals surface area contributed by atoms with Crippen LogP contribution in [0.3, 0.4) is 0 Å². The van der Waals surface area contributed by atoms with Gasteiger partial charge in [-0.3, -0.25) is 0 Å². The summed E-state index contributed by atoms with van der Waals surface area (Å²) in [6.45, 7) is 5.58. The molecule has 0 amide bonds. The molecular formula is C26H24O2. The lowest BCUT2D eigenvalue weighted by Gasteiger charge is -2.44. The highest BCUT2D eigenvalue weighted by molar-refractivity contribution is 6.03. The van der Waals surface area contributed by atoms with E-state index >= 15 is 0 Å². The fourth-order valence-electron chi connectivity index (χ4n) is 5.26. The molecule has 0 aliphatic heterocycles. The van der Waals surface area contributed by atoms with Crippen LogP contribution in [0.15, 0.2) is 72.8 Å². The van der Waals surface area contributed by atoms with Gasteiger partial charge in [-0.2, -0.15) is 0 Å². The van der Waals surface area contributed by atoms with E-state index in [4.69, 9.17) is 4.74 Å². The third kappa shape index (κ3) is 2.30. The van der Waals surface area contributed by atoms with Gasteiger partial charge in [-0.15, -0.1) is 0 Å². The smallest absolute Gasteiger partial charge is 0.334 e. The molecule has 1 unspecified atom stereocenters. The third-order valence-electron chi connectivity index (χ3n) is 6.45. The monoisotopic (exact) mass is 368 g/mol. The Kier molecular flexibility index (Phi) is 3.90. The molecule has 5 rings (SSSR count). The van der Waals surface area contributed by atoms with Gasteiger partial charge in [0.05, 0.1) is 0 Å². The summed E-state index contributed by atoms with van der Waals surface area (Å²) in [6.07, 6.45) is 4.49. The summed E-state index contributed by atoms with van der Waals surface area (Å²) in [5.41, 5.74) is 4.33. The maximum Gasteiger partial charge on any atom is 0.334 e. The highest BCUT2D eigenvalue weighted by Crippen LogP contribution is 2.56. The zero-order valence-corrected chi connectivity index (χ0v) is 16.2. The van der Waals surface area contributed by atoms with E-state index < -0.39 is 5.60 Å². The minimum atomic E-state index is -0.753. The number of carbonyl (C=O) groups is 1. The summed E-state index contributed by atoms with van der Waals surface area (Å²) < 4.78 is 6.46. The fourth-order valence-corrected chi connectivity index (χ4v) is 5.26. The quantitative estimate of drug-likeness (QED) is 0.396. The molecule has 140 valence electrons. The van der Waals surface area contributed by atoms with Crippen molar-refractivity contribution >= 4 is 16.7 Å². The molecule has 0 radical (unpaired) electrons. The van der Waals surface area contributed by atoms with E-state index in [0.29, 0.717) is 5.57 Å². The SMILES string of the molecule is C=C(C)C(=O)OC1(C2CCCC2)c2ccccc2-c2cccc3cccc1c23. The van der Waals surface area contributed by atoms with Crippen LogP contribution in [0.2, 0.25) is 0 Å². The second kappa shape index (κ2) is 6.34. The van der Waals surface area contributed by atoms with Gasteiger partial charge in [0.2, 0.25) is 0 Å². The Balaban J connectivity index is 1.91. The summed E-state index contributed by atoms with van der Waals surface area (Å²) in [5.74, 6) is -0.0333. The third-order valence-corrected chi connectivity index (χ3v) is 6.45. The highest BCUT2D eigenvalue weighted by atomic mass is 16.6. The maximum atomic E-state index is 12.9. The number of fused-ring (bicyclic) bond motifs is 2. The summed E-state index contributed by atoms with van der Waals surface area (Å²) in [7, 11) is 0. The maximum absolute atomic E-state index is 12.9. The Morgan fingerprint density at radius 2 is 1.57 bits per heavy atom. The van der Waals surface area contributed by atoms with Crippen LogP contribution in [0.25, 0.3) is 21.9 Å². The molecule has 28 heavy (non-hydrogen) atoms. The number of hydrogen-bond acceptors (Lipinski definition) is 2. The molecule has 2 heteroatoms. The van der Waals surface area contributed by atoms with Gasteiger partial charge in [0.1, 0.15) is 0 Å². The van der Waals surface area contributed by atoms with Crippen LogP contribution in [0.5, 0.6) is 0 Å². The first-order valence-electron chi connectivity index (χ1n) is 10.1. The molecule has 0 aromatic heterocycles. The van der Waals surface area contributed by atoms with Gasteiger partial charge in [0.15, 0.2) is 5.60 Å². The topological polar surface area (TPSA) is 26.3 Å². The van der Waals surface area contributed by atoms with Crippen molar-refractivity contribution < 1.29 is 9.53 Å². The van der Waals surface area contributed by atoms with Crippen LogP contribution in [0, 0.1) is 5.92 Å². The molecule has 0 heterocycles. The lowest BCUT2D eigenvalue weighted by Crippen LogP contribution is -2.42. The largest absolute Gasteiger partial charge is 0.446 e. The van der Waals surface area contributed by atoms with Crippen molar-refractivity contribution in [2.45, 2.75) is 38.2 Å². The van der Waals surface area contributed by atoms with Crippen LogP contribution in [0.4, 0.5) is 0 Å². The average molecular weight is 368 g/mol. The molecule has 0 spiro atoms. The van der Waals surface area contributed by atoms with Gasteiger partial charge in [-0.25, -0.2) is 4.79 Å². The summed E-state index contributed by atoms with van der Waals surface area (Å²) in [5, 5.41) is 2.41. The number of esters is 1. The summed E-state index contributed by atoms with van der Waals surface area (Å²) >= 11 is 0. The minimum absolute atomic E-state index is 0.274. The molecule has 0 saturated heterocycles. The van der Waals surface area contributed by atoms with E-state index in [2.05, 4.69) is 67.2 Å². The molecule has 3 aromatic rings. The van der Waals surface area contributed by atoms with Crippen molar-refractivity contribution in [2.24, 2.45) is 5.92 Å². The van der Waals surface area contributed by atoms with Crippen molar-refractivity contribution in [3.63, 3.8) is 0 Å². The lowest BCUT2D eigenvalue weighted by molar-refractivity contribution is -0.157. The highest BCUT2D eigenvalue weighted by Gasteiger charge is 2.50. The summed E-state index contributed by atoms with van der Waals surface area (Å²) in [4.78, 5) is 12.9. The van der Waals surface area contributed by atoms with Gasteiger partial charge >= 0.3 is 5.97 Å². The number of rotatable bonds is 3. The Bertz CT molecular complexity index is 1100. The molecule has 0 bridgehead atoms. The fraction of sp³-hybridized carbons (Fsp3) is 0.269. The first-order chi connectivity index (χ1) is 13.6. The normalized spacial score (nSPS) is 20.8. The standard InChI is InChI=1S/C26H24O2/c1-17(2)25(27)28-26(19-11-3-4-12-19)22-15-6-5-13-20(22)21-14-7-9-18-10-8-16-23(26)24(18)21/h5-10,13-16,19H,1,3-4,11-12H2,2H3. The van der Waals surface area contributed by atoms with Crippen LogP contribution in [-0.4, -0.2) is 5.97 Å². The first kappa shape index (κ1) is 17.2. The number of benzene rings is 3. The van der Waals surface area contributed by atoms with Gasteiger partial charge in [0, 0.05) is 22.6 Å². The molecule has 0 N–H and O–H groups in total. The van der Waals surface area contributed by atoms with Crippen LogP contribution in [-0.2, 0) is 15.1 Å². The number of hydrogen-bond donors (Lipinski definition) is 0. The molecule has 3 aromatic carbocycles. The van der Waals surface area contributed by atoms with Crippen molar-refractivity contribution in [1.29, 1.82) is 0 Å². The molecule has 1 atom stereocenters. The van der Waals surface area contributed by atoms with E-state index in [-0.39, 0.29) is 11.9 Å². The van der Waals surface area contributed by atoms with Crippen LogP contribution >= 0.6 is 0 Å². The second-order valence-corrected chi connectivity index (χ2v) is 8.14. The van der Waals surface area contributed by atoms with Crippen molar-refractivity contribution in [3.8, 4) is 11.1 Å². The van der Waals surface area contributed by atoms with Gasteiger partial charge in [-0.05, 0) is 41.7 Å². The van der Waals surface area contributed by atoms with E-state index in [1.807, 2.05) is 0 Å². The van der Waals surface area contributed by atoms with Crippen molar-refractivity contribution in [2.75, 3.05) is 0 Å². The minimum Gasteiger partial charge on any atom is -0.446 e. The molecule has 1 fully saturated rings. The second-order valence-electron chi connectivity index (χ2n) is 8.14. The zero-order chi connectivity index (χ0) is 19.3. The predicted octanol–water partition coefficient (Wildman–Crippen LogP) is 6.37. The molecule has 2 aliphatic rings. The number of carbonyl (C=O) groups excluding carboxylic acids is 1. The van der Waals surface area contributed by atoms with Crippen molar-refractivity contribution in [1.82, 2.24) is 0 Å². The van der Waals surface area contributed by atoms with E-state index in [9.17, 15) is 4.79 Å². The predicted molar refractivity (Wildman–Crippen MR) is 113 cm³/mol. The van der Waals surface area contributed by atoms with Gasteiger partial charge in [-0.1, -0.05) is 80.1 Å². The number of ether oxygens (including phenoxy) is 1. The Morgan fingerprint density at radius 3 is 2.32 bits per heavy atom. The van der Waals surface area contributed by atoms with E-state index in [1.165, 1.54) is 34.7 Å². The van der Waals surface area contributed by atoms with E-state index in [1.54, 1.807) is 6.92 Å². The van der Waals surface area contributed by atoms with Crippen LogP contribution < -0.4 is 0 Å². The average Bonchev–Trinajstić information content (AvgIpc) is 3.26. The van der Waals surface area contributed by atoms with Gasteiger partial charge in [0.25, 0.3) is 0 Å². The molecule has 2 aliphatic carbocycles. The van der Waals surface area contributed by atoms with Gasteiger partial charge < -0.3 is 4.74 Å². The molecule has 2 nitrogen and oxygen atoms in total. The Hall–Kier alpha value is -2.87. The molecule has 1 saturated carbocycles. The van der Waals surface area contributed by atoms with E-state index in [0.717, 1.165) is 24.0 Å². The Morgan fingerprint density at radius 1 is 0.929 bits per heavy atom. The lowest BCUT2D eigenvalue weighted by atomic mass is 9.67. The van der Waals surface area contributed by atoms with Crippen LogP contribution in [0.1, 0.15) is 43.7 Å². The molecular weight excluding hydrogens is 344 g/mol. The Labute approximate surface area is 165 Å². The van der Waals surface area contributed by atoms with Crippen molar-refractivity contribution in [3.05, 3.63) is 83.9 Å². The first-order valence-corrected chi connectivity index (χ1v) is 10.1. The zero-order valence-electron chi connectivity index (χ0n) is 16.2. The summed E-state index contributed by atoms with van der Waals surface area (Å²) in [6, 6.07) is 21.3.